The van der Waals surface area contributed by atoms with Crippen LogP contribution in [0.3, 0.4) is 0 Å². The molecule has 1 aromatic heterocycles. The molecule has 1 unspecified atom stereocenters. The van der Waals surface area contributed by atoms with Crippen LogP contribution in [0.5, 0.6) is 0 Å². The van der Waals surface area contributed by atoms with Crippen molar-refractivity contribution in [2.45, 2.75) is 37.5 Å². The van der Waals surface area contributed by atoms with E-state index in [2.05, 4.69) is 231 Å². The maximum absolute atomic E-state index is 6.79. The van der Waals surface area contributed by atoms with Crippen molar-refractivity contribution in [3.63, 3.8) is 0 Å². The third kappa shape index (κ3) is 5.07. The van der Waals surface area contributed by atoms with Crippen molar-refractivity contribution in [2.75, 3.05) is 4.90 Å². The number of nitrogens with zero attached hydrogens (tertiary/aromatic N) is 1. The molecule has 0 saturated heterocycles. The Hall–Kier alpha value is -7.94. The van der Waals surface area contributed by atoms with Crippen LogP contribution in [0.15, 0.2) is 217 Å². The zero-order valence-electron chi connectivity index (χ0n) is 37.0. The summed E-state index contributed by atoms with van der Waals surface area (Å²) < 4.78 is 6.79. The molecule has 0 saturated carbocycles. The van der Waals surface area contributed by atoms with Crippen LogP contribution in [0.4, 0.5) is 17.1 Å². The van der Waals surface area contributed by atoms with Crippen molar-refractivity contribution in [3.8, 4) is 44.5 Å². The number of para-hydroxylation sites is 1. The van der Waals surface area contributed by atoms with Crippen molar-refractivity contribution in [1.29, 1.82) is 0 Å². The van der Waals surface area contributed by atoms with E-state index in [-0.39, 0.29) is 10.8 Å². The Morgan fingerprint density at radius 1 is 0.439 bits per heavy atom. The van der Waals surface area contributed by atoms with Gasteiger partial charge in [0, 0.05) is 43.9 Å². The summed E-state index contributed by atoms with van der Waals surface area (Å²) in [6.45, 7) is 4.77. The molecule has 0 aliphatic heterocycles. The lowest BCUT2D eigenvalue weighted by atomic mass is 9.73. The lowest BCUT2D eigenvalue weighted by Gasteiger charge is -2.32. The minimum Gasteiger partial charge on any atom is -0.455 e. The van der Waals surface area contributed by atoms with Crippen LogP contribution < -0.4 is 4.90 Å². The predicted octanol–water partition coefficient (Wildman–Crippen LogP) is 17.1. The van der Waals surface area contributed by atoms with Crippen LogP contribution in [0, 0.1) is 0 Å². The summed E-state index contributed by atoms with van der Waals surface area (Å²) in [4.78, 5) is 2.52. The van der Waals surface area contributed by atoms with E-state index in [1.807, 2.05) is 0 Å². The monoisotopic (exact) mass is 843 g/mol. The molecule has 66 heavy (non-hydrogen) atoms. The molecule has 312 valence electrons. The third-order valence-electron chi connectivity index (χ3n) is 15.5. The largest absolute Gasteiger partial charge is 0.455 e. The maximum atomic E-state index is 6.79. The second-order valence-electron chi connectivity index (χ2n) is 19.1. The molecular weight excluding hydrogens is 799 g/mol. The summed E-state index contributed by atoms with van der Waals surface area (Å²) in [5.74, 6) is 0. The lowest BCUT2D eigenvalue weighted by molar-refractivity contribution is 0.626. The van der Waals surface area contributed by atoms with Gasteiger partial charge in [-0.2, -0.15) is 0 Å². The minimum atomic E-state index is -0.221. The average Bonchev–Trinajstić information content (AvgIpc) is 4.10. The first-order valence-corrected chi connectivity index (χ1v) is 23.4. The number of aryl methyl sites for hydroxylation is 1. The first kappa shape index (κ1) is 37.4. The Kier molecular flexibility index (Phi) is 7.82. The van der Waals surface area contributed by atoms with Crippen LogP contribution in [-0.2, 0) is 17.3 Å². The van der Waals surface area contributed by atoms with Gasteiger partial charge in [0.25, 0.3) is 0 Å². The Morgan fingerprint density at radius 3 is 1.98 bits per heavy atom. The molecule has 11 aromatic rings. The second-order valence-corrected chi connectivity index (χ2v) is 19.1. The van der Waals surface area contributed by atoms with Gasteiger partial charge in [0.2, 0.25) is 0 Å². The van der Waals surface area contributed by atoms with E-state index in [0.717, 1.165) is 68.4 Å². The maximum Gasteiger partial charge on any atom is 0.143 e. The first-order chi connectivity index (χ1) is 32.5. The van der Waals surface area contributed by atoms with Crippen molar-refractivity contribution in [2.24, 2.45) is 0 Å². The number of hydrogen-bond acceptors (Lipinski definition) is 2. The molecular formula is C64H45NO. The molecule has 3 aliphatic rings. The Balaban J connectivity index is 1.02. The third-order valence-corrected chi connectivity index (χ3v) is 15.5. The van der Waals surface area contributed by atoms with E-state index in [1.54, 1.807) is 0 Å². The molecule has 0 fully saturated rings. The fraction of sp³-hybridized carbons (Fsp3) is 0.0938. The Labute approximate surface area is 385 Å². The minimum absolute atomic E-state index is 0.150. The molecule has 1 heterocycles. The van der Waals surface area contributed by atoms with Gasteiger partial charge in [-0.25, -0.2) is 0 Å². The van der Waals surface area contributed by atoms with E-state index < -0.39 is 0 Å². The lowest BCUT2D eigenvalue weighted by Crippen LogP contribution is -2.24. The summed E-state index contributed by atoms with van der Waals surface area (Å²) >= 11 is 0. The SMILES string of the molecule is CC1(C)c2ccccc2-c2cccc(-c3cccc(N(c4ccc5c(c4)C4(CCc6ccccc64)c4ccccc4-5)c4ccccc4-c4cccc5oc6c7ccccc7ccc6c45)c3)c21. The predicted molar refractivity (Wildman–Crippen MR) is 274 cm³/mol. The molecule has 1 atom stereocenters. The summed E-state index contributed by atoms with van der Waals surface area (Å²) in [5.41, 5.74) is 23.4. The molecule has 14 rings (SSSR count). The molecule has 3 aliphatic carbocycles. The number of anilines is 3. The zero-order valence-corrected chi connectivity index (χ0v) is 37.0. The van der Waals surface area contributed by atoms with Gasteiger partial charge in [-0.3, -0.25) is 0 Å². The fourth-order valence-corrected chi connectivity index (χ4v) is 12.7. The topological polar surface area (TPSA) is 16.4 Å². The number of rotatable bonds is 5. The molecule has 0 amide bonds. The van der Waals surface area contributed by atoms with Crippen molar-refractivity contribution in [1.82, 2.24) is 0 Å². The van der Waals surface area contributed by atoms with Crippen LogP contribution in [0.25, 0.3) is 77.2 Å². The van der Waals surface area contributed by atoms with Gasteiger partial charge in [0.05, 0.1) is 5.69 Å². The highest BCUT2D eigenvalue weighted by Gasteiger charge is 2.48. The summed E-state index contributed by atoms with van der Waals surface area (Å²) in [5, 5.41) is 4.56. The quantitative estimate of drug-likeness (QED) is 0.172. The molecule has 2 nitrogen and oxygen atoms in total. The van der Waals surface area contributed by atoms with Crippen LogP contribution >= 0.6 is 0 Å². The van der Waals surface area contributed by atoms with Crippen LogP contribution in [0.2, 0.25) is 0 Å². The summed E-state index contributed by atoms with van der Waals surface area (Å²) in [7, 11) is 0. The summed E-state index contributed by atoms with van der Waals surface area (Å²) in [6.07, 6.45) is 2.11. The van der Waals surface area contributed by atoms with E-state index in [4.69, 9.17) is 4.42 Å². The smallest absolute Gasteiger partial charge is 0.143 e. The van der Waals surface area contributed by atoms with E-state index in [0.29, 0.717) is 0 Å². The molecule has 1 spiro atoms. The summed E-state index contributed by atoms with van der Waals surface area (Å²) in [6, 6.07) is 79.2. The highest BCUT2D eigenvalue weighted by Crippen LogP contribution is 2.60. The molecule has 0 N–H and O–H groups in total. The highest BCUT2D eigenvalue weighted by atomic mass is 16.3. The van der Waals surface area contributed by atoms with Gasteiger partial charge < -0.3 is 9.32 Å². The van der Waals surface area contributed by atoms with Gasteiger partial charge in [-0.1, -0.05) is 184 Å². The van der Waals surface area contributed by atoms with E-state index in [1.165, 1.54) is 72.1 Å². The fourth-order valence-electron chi connectivity index (χ4n) is 12.7. The molecule has 0 bridgehead atoms. The Bertz CT molecular complexity index is 3830. The normalized spacial score (nSPS) is 16.1. The standard InChI is InChI=1S/C64H45NO/c1-63(2)55-28-10-6-22-48(55)52-26-14-24-45(61(52)63)42-18-13-19-43(38-42)65(44-33-35-49-47-21-7-11-29-56(47)64(57(49)39-44)37-36-41-17-4-9-27-54(41)64)58-30-12-8-23-50(58)51-25-15-31-59-60(51)53-34-32-40-16-3-5-20-46(40)62(53)66-59/h3-35,38-39H,36-37H2,1-2H3. The van der Waals surface area contributed by atoms with Crippen LogP contribution in [-0.4, -0.2) is 0 Å². The average molecular weight is 844 g/mol. The van der Waals surface area contributed by atoms with Gasteiger partial charge in [0.1, 0.15) is 11.2 Å². The molecule has 10 aromatic carbocycles. The highest BCUT2D eigenvalue weighted by molar-refractivity contribution is 6.19. The number of fused-ring (bicyclic) bond motifs is 15. The second kappa shape index (κ2) is 13.8. The van der Waals surface area contributed by atoms with Gasteiger partial charge in [0.15, 0.2) is 0 Å². The molecule has 0 radical (unpaired) electrons. The zero-order chi connectivity index (χ0) is 43.7. The Morgan fingerprint density at radius 2 is 1.09 bits per heavy atom. The van der Waals surface area contributed by atoms with E-state index >= 15 is 0 Å². The number of furan rings is 1. The van der Waals surface area contributed by atoms with Gasteiger partial charge in [-0.05, 0) is 133 Å². The number of hydrogen-bond donors (Lipinski definition) is 0. The first-order valence-electron chi connectivity index (χ1n) is 23.4. The molecule has 2 heteroatoms. The van der Waals surface area contributed by atoms with Gasteiger partial charge in [-0.15, -0.1) is 0 Å². The van der Waals surface area contributed by atoms with Crippen molar-refractivity contribution < 1.29 is 4.42 Å². The van der Waals surface area contributed by atoms with Gasteiger partial charge >= 0.3 is 0 Å². The van der Waals surface area contributed by atoms with Crippen molar-refractivity contribution in [3.05, 3.63) is 246 Å². The van der Waals surface area contributed by atoms with E-state index in [9.17, 15) is 0 Å². The van der Waals surface area contributed by atoms with Crippen LogP contribution in [0.1, 0.15) is 53.6 Å². The number of benzene rings is 10. The van der Waals surface area contributed by atoms with Crippen molar-refractivity contribution >= 4 is 49.8 Å².